The summed E-state index contributed by atoms with van der Waals surface area (Å²) in [5.41, 5.74) is 3.17. The van der Waals surface area contributed by atoms with E-state index in [1.54, 1.807) is 6.26 Å². The Labute approximate surface area is 191 Å². The number of rotatable bonds is 1. The van der Waals surface area contributed by atoms with Crippen molar-refractivity contribution in [3.63, 3.8) is 0 Å². The van der Waals surface area contributed by atoms with Crippen LogP contribution in [-0.4, -0.2) is 5.78 Å². The van der Waals surface area contributed by atoms with Gasteiger partial charge < -0.3 is 9.15 Å². The molecule has 1 aromatic heterocycles. The Bertz CT molecular complexity index is 1570. The fraction of sp³-hybridized carbons (Fsp3) is 0.241. The van der Waals surface area contributed by atoms with Gasteiger partial charge in [-0.3, -0.25) is 9.59 Å². The highest BCUT2D eigenvalue weighted by molar-refractivity contribution is 6.02. The van der Waals surface area contributed by atoms with Gasteiger partial charge in [-0.15, -0.1) is 0 Å². The van der Waals surface area contributed by atoms with E-state index in [9.17, 15) is 9.59 Å². The van der Waals surface area contributed by atoms with Crippen molar-refractivity contribution in [2.75, 3.05) is 0 Å². The lowest BCUT2D eigenvalue weighted by Crippen LogP contribution is -2.34. The maximum Gasteiger partial charge on any atom is 0.196 e. The summed E-state index contributed by atoms with van der Waals surface area (Å²) in [7, 11) is 0. The number of hydrogen-bond acceptors (Lipinski definition) is 4. The van der Waals surface area contributed by atoms with Crippen LogP contribution in [0.3, 0.4) is 0 Å². The molecule has 4 nitrogen and oxygen atoms in total. The molecule has 0 saturated carbocycles. The fourth-order valence-corrected chi connectivity index (χ4v) is 5.40. The van der Waals surface area contributed by atoms with Gasteiger partial charge in [0.15, 0.2) is 11.2 Å². The van der Waals surface area contributed by atoms with E-state index in [1.165, 1.54) is 0 Å². The van der Waals surface area contributed by atoms with Crippen LogP contribution in [0.25, 0.3) is 21.7 Å². The van der Waals surface area contributed by atoms with Crippen LogP contribution in [-0.2, 0) is 4.79 Å². The molecule has 0 bridgehead atoms. The van der Waals surface area contributed by atoms with E-state index in [0.717, 1.165) is 21.9 Å². The Morgan fingerprint density at radius 2 is 1.76 bits per heavy atom. The first kappa shape index (κ1) is 20.0. The number of aryl methyl sites for hydroxylation is 1. The third kappa shape index (κ3) is 3.05. The normalized spacial score (nSPS) is 19.4. The molecule has 6 rings (SSSR count). The number of carbonyl (C=O) groups excluding carboxylic acids is 1. The summed E-state index contributed by atoms with van der Waals surface area (Å²) in [6.45, 7) is 6.11. The summed E-state index contributed by atoms with van der Waals surface area (Å²) in [6.07, 6.45) is 2.61. The second-order valence-corrected chi connectivity index (χ2v) is 10.0. The first-order valence-electron chi connectivity index (χ1n) is 11.3. The Morgan fingerprint density at radius 3 is 2.61 bits per heavy atom. The zero-order valence-electron chi connectivity index (χ0n) is 18.9. The SMILES string of the molecule is Cc1ccc2occ(C3C4=C(CC(C)(C)CC4=O)Oc4ccc5ccccc5c43)c(=O)c2c1. The molecular formula is C29H24O4. The Morgan fingerprint density at radius 1 is 0.939 bits per heavy atom. The van der Waals surface area contributed by atoms with E-state index in [1.807, 2.05) is 61.5 Å². The number of allylic oxidation sites excluding steroid dienone is 2. The van der Waals surface area contributed by atoms with Crippen molar-refractivity contribution >= 4 is 27.5 Å². The second kappa shape index (κ2) is 6.92. The van der Waals surface area contributed by atoms with Gasteiger partial charge in [0.1, 0.15) is 17.1 Å². The molecule has 0 amide bonds. The average Bonchev–Trinajstić information content (AvgIpc) is 2.77. The molecule has 1 unspecified atom stereocenters. The van der Waals surface area contributed by atoms with Crippen molar-refractivity contribution in [3.05, 3.63) is 99.1 Å². The average molecular weight is 437 g/mol. The second-order valence-electron chi connectivity index (χ2n) is 10.0. The minimum Gasteiger partial charge on any atom is -0.464 e. The van der Waals surface area contributed by atoms with Crippen molar-refractivity contribution < 1.29 is 13.9 Å². The molecule has 33 heavy (non-hydrogen) atoms. The number of Topliss-reactive ketones (excluding diaryl/α,β-unsaturated/α-hetero) is 1. The van der Waals surface area contributed by atoms with Gasteiger partial charge in [0.05, 0.1) is 17.6 Å². The van der Waals surface area contributed by atoms with Gasteiger partial charge in [-0.1, -0.05) is 55.8 Å². The first-order valence-corrected chi connectivity index (χ1v) is 11.3. The number of benzene rings is 3. The zero-order valence-corrected chi connectivity index (χ0v) is 18.9. The van der Waals surface area contributed by atoms with E-state index < -0.39 is 5.92 Å². The third-order valence-corrected chi connectivity index (χ3v) is 6.89. The molecule has 1 atom stereocenters. The van der Waals surface area contributed by atoms with Crippen LogP contribution >= 0.6 is 0 Å². The molecule has 0 spiro atoms. The lowest BCUT2D eigenvalue weighted by molar-refractivity contribution is -0.118. The minimum absolute atomic E-state index is 0.0357. The van der Waals surface area contributed by atoms with Crippen LogP contribution in [0, 0.1) is 12.3 Å². The highest BCUT2D eigenvalue weighted by Crippen LogP contribution is 2.51. The molecule has 4 heteroatoms. The highest BCUT2D eigenvalue weighted by atomic mass is 16.5. The van der Waals surface area contributed by atoms with Gasteiger partial charge in [0.2, 0.25) is 0 Å². The van der Waals surface area contributed by atoms with E-state index in [4.69, 9.17) is 9.15 Å². The maximum atomic E-state index is 13.8. The van der Waals surface area contributed by atoms with Crippen LogP contribution in [0.4, 0.5) is 0 Å². The predicted molar refractivity (Wildman–Crippen MR) is 129 cm³/mol. The summed E-state index contributed by atoms with van der Waals surface area (Å²) in [5.74, 6) is 0.882. The molecule has 4 aromatic rings. The molecule has 2 heterocycles. The summed E-state index contributed by atoms with van der Waals surface area (Å²) < 4.78 is 12.3. The van der Waals surface area contributed by atoms with Crippen molar-refractivity contribution in [1.82, 2.24) is 0 Å². The van der Waals surface area contributed by atoms with Gasteiger partial charge in [-0.2, -0.15) is 0 Å². The molecule has 1 aliphatic heterocycles. The molecule has 0 saturated heterocycles. The van der Waals surface area contributed by atoms with E-state index in [2.05, 4.69) is 13.8 Å². The fourth-order valence-electron chi connectivity index (χ4n) is 5.40. The van der Waals surface area contributed by atoms with Gasteiger partial charge in [-0.25, -0.2) is 0 Å². The van der Waals surface area contributed by atoms with Crippen molar-refractivity contribution in [2.24, 2.45) is 5.41 Å². The largest absolute Gasteiger partial charge is 0.464 e. The van der Waals surface area contributed by atoms with Gasteiger partial charge in [-0.05, 0) is 41.3 Å². The zero-order chi connectivity index (χ0) is 22.9. The third-order valence-electron chi connectivity index (χ3n) is 6.89. The van der Waals surface area contributed by atoms with E-state index >= 15 is 0 Å². The Kier molecular flexibility index (Phi) is 4.19. The molecule has 0 fully saturated rings. The van der Waals surface area contributed by atoms with Gasteiger partial charge in [0, 0.05) is 29.5 Å². The molecule has 164 valence electrons. The first-order chi connectivity index (χ1) is 15.8. The van der Waals surface area contributed by atoms with Crippen LogP contribution in [0.2, 0.25) is 0 Å². The Balaban J connectivity index is 1.70. The number of hydrogen-bond donors (Lipinski definition) is 0. The lowest BCUT2D eigenvalue weighted by atomic mass is 9.69. The van der Waals surface area contributed by atoms with Crippen molar-refractivity contribution in [3.8, 4) is 5.75 Å². The topological polar surface area (TPSA) is 56.5 Å². The number of fused-ring (bicyclic) bond motifs is 4. The standard InChI is InChI=1S/C29H24O4/c1-16-8-10-22-19(12-16)28(31)20(15-32-22)26-25-18-7-5-4-6-17(18)9-11-23(25)33-24-14-29(2,3)13-21(30)27(24)26/h4-12,15,26H,13-14H2,1-3H3. The van der Waals surface area contributed by atoms with Crippen LogP contribution in [0.5, 0.6) is 5.75 Å². The quantitative estimate of drug-likeness (QED) is 0.345. The highest BCUT2D eigenvalue weighted by Gasteiger charge is 2.43. The summed E-state index contributed by atoms with van der Waals surface area (Å²) in [4.78, 5) is 27.3. The predicted octanol–water partition coefficient (Wildman–Crippen LogP) is 6.42. The van der Waals surface area contributed by atoms with Crippen LogP contribution in [0.15, 0.2) is 81.4 Å². The minimum atomic E-state index is -0.528. The van der Waals surface area contributed by atoms with E-state index in [-0.39, 0.29) is 16.6 Å². The smallest absolute Gasteiger partial charge is 0.196 e. The number of carbonyl (C=O) groups is 1. The van der Waals surface area contributed by atoms with Crippen LogP contribution < -0.4 is 10.2 Å². The van der Waals surface area contributed by atoms with Crippen LogP contribution in [0.1, 0.15) is 49.3 Å². The van der Waals surface area contributed by atoms with Gasteiger partial charge in [0.25, 0.3) is 0 Å². The lowest BCUT2D eigenvalue weighted by Gasteiger charge is -2.38. The number of ketones is 1. The maximum absolute atomic E-state index is 13.8. The summed E-state index contributed by atoms with van der Waals surface area (Å²) in [6, 6.07) is 17.6. The molecular weight excluding hydrogens is 412 g/mol. The van der Waals surface area contributed by atoms with E-state index in [0.29, 0.717) is 46.5 Å². The van der Waals surface area contributed by atoms with Gasteiger partial charge >= 0.3 is 0 Å². The molecule has 0 radical (unpaired) electrons. The number of ether oxygens (including phenoxy) is 1. The molecule has 0 N–H and O–H groups in total. The van der Waals surface area contributed by atoms with Crippen molar-refractivity contribution in [2.45, 2.75) is 39.5 Å². The summed E-state index contributed by atoms with van der Waals surface area (Å²) in [5, 5.41) is 2.55. The monoisotopic (exact) mass is 436 g/mol. The molecule has 2 aliphatic rings. The summed E-state index contributed by atoms with van der Waals surface area (Å²) >= 11 is 0. The molecule has 1 aliphatic carbocycles. The Hall–Kier alpha value is -3.66. The van der Waals surface area contributed by atoms with Crippen molar-refractivity contribution in [1.29, 1.82) is 0 Å². The molecule has 3 aromatic carbocycles.